The minimum atomic E-state index is 0. The standard InChI is InChI=1S/CH4N2S.H3P/c2-1(3)4;/h(H4,2,3,4);1H3. The normalized spacial score (nSPS) is 4.80. The van der Waals surface area contributed by atoms with Crippen molar-refractivity contribution in [1.82, 2.24) is 0 Å². The lowest BCUT2D eigenvalue weighted by Crippen LogP contribution is -2.18. The molecule has 0 aromatic heterocycles. The van der Waals surface area contributed by atoms with Crippen LogP contribution >= 0.6 is 22.1 Å². The average Bonchev–Trinajstić information content (AvgIpc) is 0.811. The van der Waals surface area contributed by atoms with Crippen molar-refractivity contribution in [2.24, 2.45) is 11.5 Å². The highest BCUT2D eigenvalue weighted by molar-refractivity contribution is 7.80. The summed E-state index contributed by atoms with van der Waals surface area (Å²) in [4.78, 5) is 0. The fourth-order valence-corrected chi connectivity index (χ4v) is 0. The van der Waals surface area contributed by atoms with Gasteiger partial charge in [-0.2, -0.15) is 9.90 Å². The number of nitrogens with two attached hydrogens (primary N) is 2. The Balaban J connectivity index is 0. The van der Waals surface area contributed by atoms with Gasteiger partial charge in [0.15, 0.2) is 5.11 Å². The fourth-order valence-electron chi connectivity index (χ4n) is 0. The van der Waals surface area contributed by atoms with Crippen LogP contribution in [0.5, 0.6) is 0 Å². The molecule has 0 aliphatic heterocycles. The first-order valence-corrected chi connectivity index (χ1v) is 1.19. The van der Waals surface area contributed by atoms with E-state index in [1.807, 2.05) is 0 Å². The molecule has 1 unspecified atom stereocenters. The summed E-state index contributed by atoms with van der Waals surface area (Å²) in [7, 11) is 0. The van der Waals surface area contributed by atoms with E-state index in [9.17, 15) is 0 Å². The maximum absolute atomic E-state index is 4.62. The van der Waals surface area contributed by atoms with Gasteiger partial charge in [0, 0.05) is 0 Å². The molecule has 0 aliphatic rings. The van der Waals surface area contributed by atoms with Crippen molar-refractivity contribution >= 4 is 27.2 Å². The van der Waals surface area contributed by atoms with Gasteiger partial charge in [0.2, 0.25) is 0 Å². The van der Waals surface area contributed by atoms with Gasteiger partial charge in [-0.1, -0.05) is 0 Å². The molecule has 5 heavy (non-hydrogen) atoms. The highest BCUT2D eigenvalue weighted by Crippen LogP contribution is 1.32. The van der Waals surface area contributed by atoms with Gasteiger partial charge in [0.05, 0.1) is 0 Å². The van der Waals surface area contributed by atoms with Gasteiger partial charge >= 0.3 is 0 Å². The van der Waals surface area contributed by atoms with Crippen LogP contribution in [-0.2, 0) is 0 Å². The van der Waals surface area contributed by atoms with E-state index >= 15 is 0 Å². The molecule has 0 amide bonds. The second kappa shape index (κ2) is 4.12. The minimum Gasteiger partial charge on any atom is -0.377 e. The van der Waals surface area contributed by atoms with Gasteiger partial charge < -0.3 is 11.5 Å². The third-order valence-electron chi connectivity index (χ3n) is 0. The third kappa shape index (κ3) is 1290. The van der Waals surface area contributed by atoms with Gasteiger partial charge in [-0.15, -0.1) is 0 Å². The second-order valence-electron chi connectivity index (χ2n) is 0.402. The predicted molar refractivity (Wildman–Crippen MR) is 32.1 cm³/mol. The summed E-state index contributed by atoms with van der Waals surface area (Å²) >= 11 is 4.09. The molecule has 32 valence electrons. The second-order valence-corrected chi connectivity index (χ2v) is 0.874. The van der Waals surface area contributed by atoms with E-state index in [4.69, 9.17) is 0 Å². The van der Waals surface area contributed by atoms with E-state index < -0.39 is 0 Å². The Bertz CT molecular complexity index is 32.6. The molecule has 0 saturated heterocycles. The Hall–Kier alpha value is 0.120. The summed E-state index contributed by atoms with van der Waals surface area (Å²) < 4.78 is 0. The smallest absolute Gasteiger partial charge is 0.160 e. The third-order valence-corrected chi connectivity index (χ3v) is 0. The molecule has 4 N–H and O–H groups in total. The Morgan fingerprint density at radius 2 is 1.40 bits per heavy atom. The van der Waals surface area contributed by atoms with E-state index in [0.717, 1.165) is 0 Å². The Morgan fingerprint density at radius 1 is 1.40 bits per heavy atom. The van der Waals surface area contributed by atoms with Crippen LogP contribution in [0.2, 0.25) is 0 Å². The SMILES string of the molecule is NC(N)=S.P. The summed E-state index contributed by atoms with van der Waals surface area (Å²) in [5, 5.41) is 0.000000000000000222. The maximum Gasteiger partial charge on any atom is 0.160 e. The van der Waals surface area contributed by atoms with E-state index in [-0.39, 0.29) is 15.0 Å². The lowest BCUT2D eigenvalue weighted by Gasteiger charge is -1.68. The molecule has 4 heteroatoms. The van der Waals surface area contributed by atoms with Crippen LogP contribution in [0.15, 0.2) is 0 Å². The maximum atomic E-state index is 4.62. The molecular formula is CH7N2PS. The van der Waals surface area contributed by atoms with Crippen molar-refractivity contribution in [2.75, 3.05) is 0 Å². The summed E-state index contributed by atoms with van der Waals surface area (Å²) in [6.07, 6.45) is 0. The number of hydrogen-bond donors (Lipinski definition) is 2. The van der Waals surface area contributed by atoms with Gasteiger partial charge in [-0.3, -0.25) is 0 Å². The van der Waals surface area contributed by atoms with E-state index in [2.05, 4.69) is 23.7 Å². The predicted octanol–water partition coefficient (Wildman–Crippen LogP) is -0.753. The molecule has 0 saturated carbocycles. The lowest BCUT2D eigenvalue weighted by atomic mass is 11.3. The summed E-state index contributed by atoms with van der Waals surface area (Å²) in [6, 6.07) is 0. The monoisotopic (exact) mass is 110 g/mol. The van der Waals surface area contributed by atoms with Gasteiger partial charge in [0.25, 0.3) is 0 Å². The summed E-state index contributed by atoms with van der Waals surface area (Å²) in [6.45, 7) is 0. The Labute approximate surface area is 39.5 Å². The average molecular weight is 110 g/mol. The fraction of sp³-hybridized carbons (Fsp3) is 0. The van der Waals surface area contributed by atoms with Crippen molar-refractivity contribution in [1.29, 1.82) is 0 Å². The molecular weight excluding hydrogens is 103 g/mol. The zero-order valence-corrected chi connectivity index (χ0v) is 5.00. The molecule has 2 nitrogen and oxygen atoms in total. The van der Waals surface area contributed by atoms with Crippen LogP contribution < -0.4 is 11.5 Å². The molecule has 0 aromatic rings. The van der Waals surface area contributed by atoms with E-state index in [1.54, 1.807) is 0 Å². The quantitative estimate of drug-likeness (QED) is 0.318. The molecule has 0 radical (unpaired) electrons. The van der Waals surface area contributed by atoms with Crippen LogP contribution in [-0.4, -0.2) is 5.11 Å². The van der Waals surface area contributed by atoms with Crippen LogP contribution in [0.1, 0.15) is 0 Å². The molecule has 1 atom stereocenters. The molecule has 0 aliphatic carbocycles. The highest BCUT2D eigenvalue weighted by Gasteiger charge is 1.53. The highest BCUT2D eigenvalue weighted by atomic mass is 32.1. The van der Waals surface area contributed by atoms with Gasteiger partial charge in [-0.25, -0.2) is 0 Å². The van der Waals surface area contributed by atoms with Gasteiger partial charge in [0.1, 0.15) is 0 Å². The van der Waals surface area contributed by atoms with Crippen molar-refractivity contribution in [3.8, 4) is 0 Å². The topological polar surface area (TPSA) is 52.0 Å². The zero-order valence-electron chi connectivity index (χ0n) is 2.77. The van der Waals surface area contributed by atoms with Crippen molar-refractivity contribution < 1.29 is 0 Å². The molecule has 0 spiro atoms. The van der Waals surface area contributed by atoms with Crippen molar-refractivity contribution in [3.05, 3.63) is 0 Å². The largest absolute Gasteiger partial charge is 0.377 e. The van der Waals surface area contributed by atoms with Crippen molar-refractivity contribution in [2.45, 2.75) is 0 Å². The first kappa shape index (κ1) is 8.93. The molecule has 0 aromatic carbocycles. The van der Waals surface area contributed by atoms with E-state index in [0.29, 0.717) is 0 Å². The molecule has 0 bridgehead atoms. The lowest BCUT2D eigenvalue weighted by molar-refractivity contribution is 1.65. The van der Waals surface area contributed by atoms with Gasteiger partial charge in [-0.05, 0) is 12.2 Å². The van der Waals surface area contributed by atoms with Crippen LogP contribution in [0.25, 0.3) is 0 Å². The molecule has 0 fully saturated rings. The first-order valence-electron chi connectivity index (χ1n) is 0.781. The number of thiocarbonyl (C=S) groups is 1. The van der Waals surface area contributed by atoms with E-state index in [1.165, 1.54) is 0 Å². The van der Waals surface area contributed by atoms with Crippen LogP contribution in [0, 0.1) is 0 Å². The summed E-state index contributed by atoms with van der Waals surface area (Å²) in [5.41, 5.74) is 9.24. The zero-order chi connectivity index (χ0) is 3.58. The Morgan fingerprint density at radius 3 is 1.40 bits per heavy atom. The summed E-state index contributed by atoms with van der Waals surface area (Å²) in [5.74, 6) is 0. The van der Waals surface area contributed by atoms with Crippen LogP contribution in [0.3, 0.4) is 0 Å². The first-order chi connectivity index (χ1) is 1.73. The number of hydrogen-bond acceptors (Lipinski definition) is 1. The number of rotatable bonds is 0. The molecule has 0 rings (SSSR count). The Kier molecular flexibility index (Phi) is 7.36. The molecule has 0 heterocycles. The van der Waals surface area contributed by atoms with Crippen LogP contribution in [0.4, 0.5) is 0 Å². The minimum absolute atomic E-state index is 0. The van der Waals surface area contributed by atoms with Crippen molar-refractivity contribution in [3.63, 3.8) is 0 Å².